The van der Waals surface area contributed by atoms with Crippen molar-refractivity contribution >= 4 is 11.8 Å². The van der Waals surface area contributed by atoms with Gasteiger partial charge >= 0.3 is 0 Å². The van der Waals surface area contributed by atoms with E-state index in [4.69, 9.17) is 0 Å². The average Bonchev–Trinajstić information content (AvgIpc) is 3.17. The highest BCUT2D eigenvalue weighted by molar-refractivity contribution is 5.89. The Morgan fingerprint density at radius 3 is 2.67 bits per heavy atom. The Morgan fingerprint density at radius 1 is 1.29 bits per heavy atom. The van der Waals surface area contributed by atoms with E-state index in [0.717, 1.165) is 5.56 Å². The zero-order valence-electron chi connectivity index (χ0n) is 13.8. The van der Waals surface area contributed by atoms with Crippen LogP contribution in [0.5, 0.6) is 0 Å². The van der Waals surface area contributed by atoms with Crippen LogP contribution in [0.1, 0.15) is 31.4 Å². The second-order valence-electron chi connectivity index (χ2n) is 6.75. The van der Waals surface area contributed by atoms with Gasteiger partial charge in [-0.1, -0.05) is 30.3 Å². The number of nitrogens with zero attached hydrogens (tertiary/aromatic N) is 2. The molecule has 6 nitrogen and oxygen atoms in total. The molecule has 4 unspecified atom stereocenters. The number of β-amino-alcohol motifs (C(OH)–C–C–N with tert-alkyl or cyclic N) is 1. The highest BCUT2D eigenvalue weighted by Gasteiger charge is 2.42. The van der Waals surface area contributed by atoms with Crippen LogP contribution < -0.4 is 0 Å². The number of carbonyl (C=O) groups is 2. The number of likely N-dealkylation sites (tertiary alicyclic amines) is 2. The molecule has 0 bridgehead atoms. The Balaban J connectivity index is 1.69. The fourth-order valence-corrected chi connectivity index (χ4v) is 3.75. The van der Waals surface area contributed by atoms with Gasteiger partial charge in [0.25, 0.3) is 0 Å². The number of amides is 2. The summed E-state index contributed by atoms with van der Waals surface area (Å²) in [4.78, 5) is 28.4. The molecular formula is C18H24N2O4. The lowest BCUT2D eigenvalue weighted by Crippen LogP contribution is -2.42. The maximum atomic E-state index is 12.7. The van der Waals surface area contributed by atoms with Gasteiger partial charge in [0.1, 0.15) is 0 Å². The highest BCUT2D eigenvalue weighted by Crippen LogP contribution is 2.31. The van der Waals surface area contributed by atoms with Gasteiger partial charge in [-0.15, -0.1) is 0 Å². The van der Waals surface area contributed by atoms with E-state index in [2.05, 4.69) is 0 Å². The summed E-state index contributed by atoms with van der Waals surface area (Å²) >= 11 is 0. The van der Waals surface area contributed by atoms with Gasteiger partial charge in [-0.05, 0) is 18.9 Å². The van der Waals surface area contributed by atoms with Crippen molar-refractivity contribution in [2.24, 2.45) is 5.92 Å². The summed E-state index contributed by atoms with van der Waals surface area (Å²) in [6.07, 6.45) is -0.00380. The number of hydrogen-bond acceptors (Lipinski definition) is 4. The lowest BCUT2D eigenvalue weighted by Gasteiger charge is -2.27. The monoisotopic (exact) mass is 332 g/mol. The predicted molar refractivity (Wildman–Crippen MR) is 87.9 cm³/mol. The zero-order valence-corrected chi connectivity index (χ0v) is 13.8. The molecule has 2 saturated heterocycles. The smallest absolute Gasteiger partial charge is 0.228 e. The first-order valence-electron chi connectivity index (χ1n) is 8.45. The summed E-state index contributed by atoms with van der Waals surface area (Å²) in [5, 5.41) is 19.2. The van der Waals surface area contributed by atoms with Gasteiger partial charge in [-0.25, -0.2) is 0 Å². The van der Waals surface area contributed by atoms with Gasteiger partial charge in [0.2, 0.25) is 11.8 Å². The topological polar surface area (TPSA) is 81.1 Å². The quantitative estimate of drug-likeness (QED) is 0.844. The van der Waals surface area contributed by atoms with Crippen molar-refractivity contribution in [1.29, 1.82) is 0 Å². The molecule has 0 aliphatic carbocycles. The van der Waals surface area contributed by atoms with Gasteiger partial charge in [0, 0.05) is 19.5 Å². The van der Waals surface area contributed by atoms with Crippen molar-refractivity contribution in [3.05, 3.63) is 35.9 Å². The third-order valence-electron chi connectivity index (χ3n) is 5.14. The van der Waals surface area contributed by atoms with Crippen LogP contribution in [0.25, 0.3) is 0 Å². The van der Waals surface area contributed by atoms with Crippen LogP contribution in [-0.4, -0.2) is 63.7 Å². The van der Waals surface area contributed by atoms with Crippen LogP contribution in [0.3, 0.4) is 0 Å². The first-order valence-corrected chi connectivity index (χ1v) is 8.45. The summed E-state index contributed by atoms with van der Waals surface area (Å²) in [6.45, 7) is 2.44. The molecule has 2 aliphatic rings. The van der Waals surface area contributed by atoms with E-state index in [-0.39, 0.29) is 43.5 Å². The Morgan fingerprint density at radius 2 is 2.00 bits per heavy atom. The molecule has 2 N–H and O–H groups in total. The van der Waals surface area contributed by atoms with E-state index < -0.39 is 12.0 Å². The van der Waals surface area contributed by atoms with Crippen molar-refractivity contribution in [3.63, 3.8) is 0 Å². The van der Waals surface area contributed by atoms with Crippen LogP contribution in [0, 0.1) is 5.92 Å². The van der Waals surface area contributed by atoms with Crippen molar-refractivity contribution in [1.82, 2.24) is 9.80 Å². The standard InChI is InChI=1S/C18H24N2O4/c1-12(13-5-3-2-4-6-13)19-9-14(7-17(19)23)18(24)20-10-16(22)8-15(20)11-21/h2-6,12,14-16,21-22H,7-11H2,1H3. The van der Waals surface area contributed by atoms with Crippen LogP contribution in [0.2, 0.25) is 0 Å². The molecule has 1 aromatic rings. The van der Waals surface area contributed by atoms with E-state index in [1.165, 1.54) is 0 Å². The van der Waals surface area contributed by atoms with E-state index in [0.29, 0.717) is 13.0 Å². The Labute approximate surface area is 141 Å². The van der Waals surface area contributed by atoms with Gasteiger partial charge in [0.05, 0.1) is 30.7 Å². The van der Waals surface area contributed by atoms with Crippen LogP contribution in [0.4, 0.5) is 0 Å². The number of aliphatic hydroxyl groups excluding tert-OH is 2. The molecule has 0 saturated carbocycles. The summed E-state index contributed by atoms with van der Waals surface area (Å²) < 4.78 is 0. The molecule has 0 radical (unpaired) electrons. The van der Waals surface area contributed by atoms with Gasteiger partial charge < -0.3 is 20.0 Å². The first-order chi connectivity index (χ1) is 11.5. The molecule has 2 amide bonds. The number of carbonyl (C=O) groups excluding carboxylic acids is 2. The predicted octanol–water partition coefficient (Wildman–Crippen LogP) is 0.550. The van der Waals surface area contributed by atoms with Crippen molar-refractivity contribution in [2.45, 2.75) is 38.0 Å². The third-order valence-corrected chi connectivity index (χ3v) is 5.14. The lowest BCUT2D eigenvalue weighted by atomic mass is 10.1. The summed E-state index contributed by atoms with van der Waals surface area (Å²) in [5.74, 6) is -0.560. The minimum Gasteiger partial charge on any atom is -0.394 e. The van der Waals surface area contributed by atoms with Crippen molar-refractivity contribution in [3.8, 4) is 0 Å². The third kappa shape index (κ3) is 3.16. The van der Waals surface area contributed by atoms with E-state index >= 15 is 0 Å². The molecule has 6 heteroatoms. The Bertz CT molecular complexity index is 606. The maximum absolute atomic E-state index is 12.7. The summed E-state index contributed by atoms with van der Waals surface area (Å²) in [7, 11) is 0. The highest BCUT2D eigenvalue weighted by atomic mass is 16.3. The van der Waals surface area contributed by atoms with Crippen molar-refractivity contribution < 1.29 is 19.8 Å². The van der Waals surface area contributed by atoms with Gasteiger partial charge in [-0.3, -0.25) is 9.59 Å². The second-order valence-corrected chi connectivity index (χ2v) is 6.75. The number of benzene rings is 1. The molecule has 2 aliphatic heterocycles. The van der Waals surface area contributed by atoms with Crippen LogP contribution in [-0.2, 0) is 9.59 Å². The molecule has 1 aromatic carbocycles. The average molecular weight is 332 g/mol. The van der Waals surface area contributed by atoms with E-state index in [1.54, 1.807) is 9.80 Å². The van der Waals surface area contributed by atoms with Gasteiger partial charge in [-0.2, -0.15) is 0 Å². The van der Waals surface area contributed by atoms with Gasteiger partial charge in [0.15, 0.2) is 0 Å². The molecule has 0 aromatic heterocycles. The first kappa shape index (κ1) is 16.9. The SMILES string of the molecule is CC(c1ccccc1)N1CC(C(=O)N2CC(O)CC2CO)CC1=O. The Kier molecular flexibility index (Phi) is 4.87. The van der Waals surface area contributed by atoms with Crippen LogP contribution in [0.15, 0.2) is 30.3 Å². The fourth-order valence-electron chi connectivity index (χ4n) is 3.75. The number of hydrogen-bond donors (Lipinski definition) is 2. The molecule has 4 atom stereocenters. The number of aliphatic hydroxyl groups is 2. The lowest BCUT2D eigenvalue weighted by molar-refractivity contribution is -0.137. The molecule has 2 heterocycles. The summed E-state index contributed by atoms with van der Waals surface area (Å²) in [6, 6.07) is 9.34. The van der Waals surface area contributed by atoms with E-state index in [1.807, 2.05) is 37.3 Å². The normalized spacial score (nSPS) is 28.5. The zero-order chi connectivity index (χ0) is 17.3. The van der Waals surface area contributed by atoms with E-state index in [9.17, 15) is 19.8 Å². The minimum atomic E-state index is -0.595. The minimum absolute atomic E-state index is 0.0232. The number of rotatable bonds is 4. The van der Waals surface area contributed by atoms with Crippen LogP contribution >= 0.6 is 0 Å². The molecule has 2 fully saturated rings. The molecule has 130 valence electrons. The summed E-state index contributed by atoms with van der Waals surface area (Å²) in [5.41, 5.74) is 1.05. The maximum Gasteiger partial charge on any atom is 0.228 e. The van der Waals surface area contributed by atoms with Crippen molar-refractivity contribution in [2.75, 3.05) is 19.7 Å². The second kappa shape index (κ2) is 6.91. The largest absolute Gasteiger partial charge is 0.394 e. The molecular weight excluding hydrogens is 308 g/mol. The molecule has 3 rings (SSSR count). The molecule has 24 heavy (non-hydrogen) atoms. The Hall–Kier alpha value is -1.92. The molecule has 0 spiro atoms. The fraction of sp³-hybridized carbons (Fsp3) is 0.556.